The van der Waals surface area contributed by atoms with Crippen molar-refractivity contribution in [2.45, 2.75) is 6.92 Å². The van der Waals surface area contributed by atoms with Crippen molar-refractivity contribution in [2.24, 2.45) is 0 Å². The van der Waals surface area contributed by atoms with Crippen LogP contribution < -0.4 is 20.3 Å². The Kier molecular flexibility index (Phi) is 8.67. The molecule has 37 heavy (non-hydrogen) atoms. The Morgan fingerprint density at radius 2 is 1.73 bits per heavy atom. The van der Waals surface area contributed by atoms with Gasteiger partial charge in [0.25, 0.3) is 5.91 Å². The van der Waals surface area contributed by atoms with Gasteiger partial charge >= 0.3 is 0 Å². The lowest BCUT2D eigenvalue weighted by atomic mass is 10.1. The first-order valence-electron chi connectivity index (χ1n) is 12.1. The van der Waals surface area contributed by atoms with Crippen molar-refractivity contribution in [3.8, 4) is 17.0 Å². The summed E-state index contributed by atoms with van der Waals surface area (Å²) in [4.78, 5) is 23.7. The maximum atomic E-state index is 12.6. The maximum Gasteiger partial charge on any atom is 0.255 e. The summed E-state index contributed by atoms with van der Waals surface area (Å²) >= 11 is 0. The molecule has 1 heterocycles. The second-order valence-electron chi connectivity index (χ2n) is 8.32. The van der Waals surface area contributed by atoms with Gasteiger partial charge in [-0.15, -0.1) is 0 Å². The van der Waals surface area contributed by atoms with Gasteiger partial charge in [0, 0.05) is 54.6 Å². The second-order valence-corrected chi connectivity index (χ2v) is 8.32. The summed E-state index contributed by atoms with van der Waals surface area (Å²) in [5, 5.41) is 6.17. The number of nitrogens with zero attached hydrogens (tertiary/aromatic N) is 3. The van der Waals surface area contributed by atoms with Crippen LogP contribution in [0.1, 0.15) is 17.3 Å². The summed E-state index contributed by atoms with van der Waals surface area (Å²) in [5.41, 5.74) is 4.91. The Hall–Kier alpha value is -4.43. The molecular weight excluding hydrogens is 466 g/mol. The average molecular weight is 498 g/mol. The molecule has 0 radical (unpaired) electrons. The van der Waals surface area contributed by atoms with E-state index in [-0.39, 0.29) is 5.91 Å². The van der Waals surface area contributed by atoms with Gasteiger partial charge < -0.3 is 25.0 Å². The number of benzene rings is 3. The molecule has 1 amide bonds. The molecule has 8 nitrogen and oxygen atoms in total. The van der Waals surface area contributed by atoms with Crippen molar-refractivity contribution in [3.63, 3.8) is 0 Å². The number of ether oxygens (including phenoxy) is 2. The van der Waals surface area contributed by atoms with E-state index in [1.54, 1.807) is 37.6 Å². The Bertz CT molecular complexity index is 1310. The molecule has 190 valence electrons. The molecule has 0 unspecified atom stereocenters. The summed E-state index contributed by atoms with van der Waals surface area (Å²) in [6.45, 7) is 4.25. The zero-order valence-electron chi connectivity index (χ0n) is 21.3. The SMILES string of the molecule is CCOCCN(C)c1ccc(Nc2nccc(-c3ccc(NC(=O)c4cccc(OC)c4)cc3)n2)cc1. The average Bonchev–Trinajstić information content (AvgIpc) is 2.94. The van der Waals surface area contributed by atoms with E-state index < -0.39 is 0 Å². The monoisotopic (exact) mass is 497 g/mol. The lowest BCUT2D eigenvalue weighted by molar-refractivity contribution is 0.102. The number of nitrogens with one attached hydrogen (secondary N) is 2. The van der Waals surface area contributed by atoms with Crippen molar-refractivity contribution >= 4 is 28.9 Å². The summed E-state index contributed by atoms with van der Waals surface area (Å²) in [6.07, 6.45) is 1.72. The summed E-state index contributed by atoms with van der Waals surface area (Å²) < 4.78 is 10.6. The fourth-order valence-corrected chi connectivity index (χ4v) is 3.67. The molecular formula is C29H31N5O3. The fraction of sp³-hybridized carbons (Fsp3) is 0.207. The van der Waals surface area contributed by atoms with Gasteiger partial charge in [0.05, 0.1) is 19.4 Å². The predicted molar refractivity (Wildman–Crippen MR) is 148 cm³/mol. The molecule has 0 aliphatic carbocycles. The highest BCUT2D eigenvalue weighted by molar-refractivity contribution is 6.04. The van der Waals surface area contributed by atoms with Gasteiger partial charge in [-0.25, -0.2) is 9.97 Å². The molecule has 0 atom stereocenters. The Morgan fingerprint density at radius 1 is 0.973 bits per heavy atom. The third-order valence-corrected chi connectivity index (χ3v) is 5.77. The highest BCUT2D eigenvalue weighted by Crippen LogP contribution is 2.23. The highest BCUT2D eigenvalue weighted by atomic mass is 16.5. The number of aromatic nitrogens is 2. The minimum Gasteiger partial charge on any atom is -0.497 e. The van der Waals surface area contributed by atoms with Gasteiger partial charge in [-0.2, -0.15) is 0 Å². The van der Waals surface area contributed by atoms with Crippen molar-refractivity contribution < 1.29 is 14.3 Å². The predicted octanol–water partition coefficient (Wildman–Crippen LogP) is 5.62. The molecule has 2 N–H and O–H groups in total. The molecule has 1 aromatic heterocycles. The van der Waals surface area contributed by atoms with Gasteiger partial charge in [0.2, 0.25) is 5.95 Å². The molecule has 0 spiro atoms. The molecule has 4 rings (SSSR count). The largest absolute Gasteiger partial charge is 0.497 e. The Balaban J connectivity index is 1.38. The fourth-order valence-electron chi connectivity index (χ4n) is 3.67. The summed E-state index contributed by atoms with van der Waals surface area (Å²) in [6, 6.07) is 24.5. The van der Waals surface area contributed by atoms with E-state index in [0.29, 0.717) is 29.6 Å². The number of methoxy groups -OCH3 is 1. The first-order chi connectivity index (χ1) is 18.1. The lowest BCUT2D eigenvalue weighted by Crippen LogP contribution is -2.22. The van der Waals surface area contributed by atoms with Crippen LogP contribution in [0.4, 0.5) is 23.0 Å². The standard InChI is InChI=1S/C29H31N5O3/c1-4-37-19-18-34(2)25-14-12-24(13-15-25)32-29-30-17-16-27(33-29)21-8-10-23(11-9-21)31-28(35)22-6-5-7-26(20-22)36-3/h5-17,20H,4,18-19H2,1-3H3,(H,31,35)(H,30,32,33). The third kappa shape index (κ3) is 7.05. The zero-order valence-corrected chi connectivity index (χ0v) is 21.3. The van der Waals surface area contributed by atoms with Crippen LogP contribution in [0.25, 0.3) is 11.3 Å². The van der Waals surface area contributed by atoms with Gasteiger partial charge in [0.1, 0.15) is 5.75 Å². The van der Waals surface area contributed by atoms with Crippen LogP contribution in [-0.2, 0) is 4.74 Å². The minimum absolute atomic E-state index is 0.202. The van der Waals surface area contributed by atoms with Crippen LogP contribution in [0, 0.1) is 0 Å². The molecule has 0 aliphatic rings. The van der Waals surface area contributed by atoms with E-state index in [0.717, 1.165) is 35.8 Å². The first-order valence-corrected chi connectivity index (χ1v) is 12.1. The molecule has 0 saturated heterocycles. The highest BCUT2D eigenvalue weighted by Gasteiger charge is 2.09. The molecule has 0 bridgehead atoms. The maximum absolute atomic E-state index is 12.6. The van der Waals surface area contributed by atoms with Crippen LogP contribution in [0.5, 0.6) is 5.75 Å². The normalized spacial score (nSPS) is 10.6. The molecule has 8 heteroatoms. The number of hydrogen-bond acceptors (Lipinski definition) is 7. The van der Waals surface area contributed by atoms with E-state index in [4.69, 9.17) is 9.47 Å². The van der Waals surface area contributed by atoms with Crippen LogP contribution in [0.2, 0.25) is 0 Å². The summed E-state index contributed by atoms with van der Waals surface area (Å²) in [5.74, 6) is 0.939. The Morgan fingerprint density at radius 3 is 2.46 bits per heavy atom. The number of hydrogen-bond donors (Lipinski definition) is 2. The van der Waals surface area contributed by atoms with Crippen molar-refractivity contribution in [1.29, 1.82) is 0 Å². The minimum atomic E-state index is -0.202. The van der Waals surface area contributed by atoms with Gasteiger partial charge in [-0.1, -0.05) is 18.2 Å². The third-order valence-electron chi connectivity index (χ3n) is 5.77. The number of amides is 1. The summed E-state index contributed by atoms with van der Waals surface area (Å²) in [7, 11) is 3.62. The van der Waals surface area contributed by atoms with E-state index in [2.05, 4.69) is 37.6 Å². The van der Waals surface area contributed by atoms with E-state index in [1.165, 1.54) is 0 Å². The van der Waals surface area contributed by atoms with Gasteiger partial charge in [0.15, 0.2) is 0 Å². The first kappa shape index (κ1) is 25.7. The molecule has 0 aliphatic heterocycles. The van der Waals surface area contributed by atoms with Crippen molar-refractivity contribution in [1.82, 2.24) is 9.97 Å². The second kappa shape index (κ2) is 12.5. The smallest absolute Gasteiger partial charge is 0.255 e. The zero-order chi connectivity index (χ0) is 26.0. The van der Waals surface area contributed by atoms with Crippen LogP contribution in [0.3, 0.4) is 0 Å². The topological polar surface area (TPSA) is 88.6 Å². The van der Waals surface area contributed by atoms with Crippen LogP contribution in [-0.4, -0.2) is 49.8 Å². The van der Waals surface area contributed by atoms with Crippen molar-refractivity contribution in [2.75, 3.05) is 49.4 Å². The lowest BCUT2D eigenvalue weighted by Gasteiger charge is -2.19. The number of likely N-dealkylation sites (N-methyl/N-ethyl adjacent to an activating group) is 1. The number of carbonyl (C=O) groups is 1. The Labute approximate surface area is 217 Å². The molecule has 0 fully saturated rings. The van der Waals surface area contributed by atoms with E-state index in [9.17, 15) is 4.79 Å². The van der Waals surface area contributed by atoms with Crippen LogP contribution >= 0.6 is 0 Å². The molecule has 0 saturated carbocycles. The molecule has 4 aromatic rings. The van der Waals surface area contributed by atoms with Crippen LogP contribution in [0.15, 0.2) is 85.1 Å². The van der Waals surface area contributed by atoms with E-state index >= 15 is 0 Å². The van der Waals surface area contributed by atoms with E-state index in [1.807, 2.05) is 56.4 Å². The number of anilines is 4. The van der Waals surface area contributed by atoms with Gasteiger partial charge in [-0.3, -0.25) is 4.79 Å². The van der Waals surface area contributed by atoms with Gasteiger partial charge in [-0.05, 0) is 67.6 Å². The number of rotatable bonds is 11. The quantitative estimate of drug-likeness (QED) is 0.260. The number of carbonyl (C=O) groups excluding carboxylic acids is 1. The molecule has 3 aromatic carbocycles. The van der Waals surface area contributed by atoms with Crippen molar-refractivity contribution in [3.05, 3.63) is 90.6 Å².